The smallest absolute Gasteiger partial charge is 0.226 e. The van der Waals surface area contributed by atoms with Crippen LogP contribution in [0.4, 0.5) is 0 Å². The summed E-state index contributed by atoms with van der Waals surface area (Å²) in [5, 5.41) is 20.4. The van der Waals surface area contributed by atoms with Crippen molar-refractivity contribution in [1.82, 2.24) is 30.0 Å². The molecule has 1 aromatic carbocycles. The second kappa shape index (κ2) is 9.88. The minimum atomic E-state index is 0.181. The summed E-state index contributed by atoms with van der Waals surface area (Å²) >= 11 is 0. The molecule has 0 radical (unpaired) electrons. The molecule has 166 valence electrons. The summed E-state index contributed by atoms with van der Waals surface area (Å²) in [6.07, 6.45) is 8.79. The Hall–Kier alpha value is -3.31. The molecule has 0 spiro atoms. The molecule has 1 aliphatic carbocycles. The Bertz CT molecular complexity index is 1060. The second-order valence-electron chi connectivity index (χ2n) is 8.53. The number of benzene rings is 1. The van der Waals surface area contributed by atoms with E-state index in [-0.39, 0.29) is 5.91 Å². The van der Waals surface area contributed by atoms with Gasteiger partial charge in [0.1, 0.15) is 6.33 Å². The summed E-state index contributed by atoms with van der Waals surface area (Å²) in [7, 11) is 0. The van der Waals surface area contributed by atoms with Crippen molar-refractivity contribution in [3.8, 4) is 6.07 Å². The van der Waals surface area contributed by atoms with Crippen molar-refractivity contribution in [2.24, 2.45) is 0 Å². The van der Waals surface area contributed by atoms with Crippen LogP contribution >= 0.6 is 0 Å². The van der Waals surface area contributed by atoms with Crippen LogP contribution in [0.15, 0.2) is 42.3 Å². The molecule has 0 bridgehead atoms. The maximum atomic E-state index is 12.8. The molecule has 0 saturated carbocycles. The van der Waals surface area contributed by atoms with Crippen LogP contribution in [0.2, 0.25) is 0 Å². The van der Waals surface area contributed by atoms with Gasteiger partial charge in [-0.25, -0.2) is 4.68 Å². The molecule has 2 aromatic rings. The van der Waals surface area contributed by atoms with E-state index in [9.17, 15) is 4.79 Å². The molecule has 1 saturated heterocycles. The molecular formula is C24H29N7O. The third kappa shape index (κ3) is 4.94. The first-order chi connectivity index (χ1) is 15.6. The molecule has 2 heterocycles. The van der Waals surface area contributed by atoms with Crippen molar-refractivity contribution < 1.29 is 4.79 Å². The zero-order valence-electron chi connectivity index (χ0n) is 18.7. The monoisotopic (exact) mass is 431 g/mol. The Morgan fingerprint density at radius 1 is 1.19 bits per heavy atom. The third-order valence-corrected chi connectivity index (χ3v) is 6.43. The number of piperazine rings is 1. The van der Waals surface area contributed by atoms with E-state index < -0.39 is 0 Å². The highest BCUT2D eigenvalue weighted by Gasteiger charge is 2.30. The quantitative estimate of drug-likeness (QED) is 0.653. The summed E-state index contributed by atoms with van der Waals surface area (Å²) in [6.45, 7) is 7.37. The maximum Gasteiger partial charge on any atom is 0.226 e. The highest BCUT2D eigenvalue weighted by Crippen LogP contribution is 2.27. The maximum absolute atomic E-state index is 12.8. The molecule has 8 heteroatoms. The third-order valence-electron chi connectivity index (χ3n) is 6.43. The first-order valence-corrected chi connectivity index (χ1v) is 11.2. The molecule has 8 nitrogen and oxygen atoms in total. The lowest BCUT2D eigenvalue weighted by atomic mass is 10.1. The van der Waals surface area contributed by atoms with Gasteiger partial charge in [0, 0.05) is 44.3 Å². The van der Waals surface area contributed by atoms with Crippen molar-refractivity contribution in [2.45, 2.75) is 45.6 Å². The summed E-state index contributed by atoms with van der Waals surface area (Å²) in [5.41, 5.74) is 5.40. The highest BCUT2D eigenvalue weighted by atomic mass is 16.2. The van der Waals surface area contributed by atoms with Gasteiger partial charge in [0.2, 0.25) is 5.91 Å². The summed E-state index contributed by atoms with van der Waals surface area (Å²) in [5.74, 6) is 0.181. The molecule has 1 fully saturated rings. The minimum absolute atomic E-state index is 0.181. The lowest BCUT2D eigenvalue weighted by molar-refractivity contribution is -0.132. The highest BCUT2D eigenvalue weighted by molar-refractivity contribution is 5.78. The zero-order valence-corrected chi connectivity index (χ0v) is 18.7. The van der Waals surface area contributed by atoms with Crippen LogP contribution in [0.3, 0.4) is 0 Å². The number of allylic oxidation sites excluding steroid dienone is 3. The van der Waals surface area contributed by atoms with Gasteiger partial charge in [-0.1, -0.05) is 24.6 Å². The van der Waals surface area contributed by atoms with Gasteiger partial charge in [0.25, 0.3) is 0 Å². The van der Waals surface area contributed by atoms with Crippen molar-refractivity contribution in [3.63, 3.8) is 0 Å². The molecule has 1 aliphatic heterocycles. The standard InChI is InChI=1S/C24H29N7O/c1-3-22(31-17-26-27-28-31)7-4-18(2)12-24(32)30-10-8-29(9-11-30)23-14-20-6-5-19(16-25)13-21(20)15-23/h4-7,13,17,23H,3,8-12,14-15H2,1-2H3. The SMILES string of the molecule is CCC(=CC=C(C)CC(=O)N1CCN(C2Cc3ccc(C#N)cc3C2)CC1)n1cnnn1. The van der Waals surface area contributed by atoms with Gasteiger partial charge in [0.15, 0.2) is 0 Å². The lowest BCUT2D eigenvalue weighted by Crippen LogP contribution is -2.52. The van der Waals surface area contributed by atoms with Crippen molar-refractivity contribution in [2.75, 3.05) is 26.2 Å². The van der Waals surface area contributed by atoms with E-state index in [2.05, 4.69) is 32.6 Å². The van der Waals surface area contributed by atoms with E-state index in [1.54, 1.807) is 11.0 Å². The molecule has 2 aliphatic rings. The van der Waals surface area contributed by atoms with Crippen LogP contribution in [-0.4, -0.2) is 68.1 Å². The van der Waals surface area contributed by atoms with Crippen LogP contribution in [0.25, 0.3) is 5.70 Å². The Morgan fingerprint density at radius 3 is 2.66 bits per heavy atom. The van der Waals surface area contributed by atoms with E-state index in [0.717, 1.165) is 62.3 Å². The van der Waals surface area contributed by atoms with Gasteiger partial charge in [-0.15, -0.1) is 5.10 Å². The van der Waals surface area contributed by atoms with E-state index in [1.165, 1.54) is 11.1 Å². The van der Waals surface area contributed by atoms with Gasteiger partial charge in [0.05, 0.1) is 11.6 Å². The molecule has 1 amide bonds. The predicted molar refractivity (Wildman–Crippen MR) is 121 cm³/mol. The van der Waals surface area contributed by atoms with Gasteiger partial charge in [-0.2, -0.15) is 5.26 Å². The zero-order chi connectivity index (χ0) is 22.5. The second-order valence-corrected chi connectivity index (χ2v) is 8.53. The molecule has 1 unspecified atom stereocenters. The van der Waals surface area contributed by atoms with E-state index in [0.29, 0.717) is 12.5 Å². The lowest BCUT2D eigenvalue weighted by Gasteiger charge is -2.38. The summed E-state index contributed by atoms with van der Waals surface area (Å²) in [4.78, 5) is 17.3. The summed E-state index contributed by atoms with van der Waals surface area (Å²) < 4.78 is 1.65. The van der Waals surface area contributed by atoms with Crippen LogP contribution in [0.5, 0.6) is 0 Å². The van der Waals surface area contributed by atoms with Gasteiger partial charge >= 0.3 is 0 Å². The Balaban J connectivity index is 1.28. The average Bonchev–Trinajstić information content (AvgIpc) is 3.49. The van der Waals surface area contributed by atoms with Gasteiger partial charge in [-0.05, 0) is 65.9 Å². The molecule has 4 rings (SSSR count). The van der Waals surface area contributed by atoms with Crippen molar-refractivity contribution in [3.05, 3.63) is 58.9 Å². The molecular weight excluding hydrogens is 402 g/mol. The van der Waals surface area contributed by atoms with Crippen LogP contribution < -0.4 is 0 Å². The van der Waals surface area contributed by atoms with Crippen molar-refractivity contribution in [1.29, 1.82) is 5.26 Å². The summed E-state index contributed by atoms with van der Waals surface area (Å²) in [6, 6.07) is 8.75. The fourth-order valence-corrected chi connectivity index (χ4v) is 4.56. The first-order valence-electron chi connectivity index (χ1n) is 11.2. The minimum Gasteiger partial charge on any atom is -0.340 e. The fourth-order valence-electron chi connectivity index (χ4n) is 4.56. The Morgan fingerprint density at radius 2 is 1.97 bits per heavy atom. The molecule has 32 heavy (non-hydrogen) atoms. The number of nitriles is 1. The predicted octanol–water partition coefficient (Wildman–Crippen LogP) is 2.44. The van der Waals surface area contributed by atoms with Crippen LogP contribution in [-0.2, 0) is 17.6 Å². The number of fused-ring (bicyclic) bond motifs is 1. The normalized spacial score (nSPS) is 19.7. The molecule has 1 atom stereocenters. The number of aromatic nitrogens is 4. The van der Waals surface area contributed by atoms with Gasteiger partial charge in [-0.3, -0.25) is 9.69 Å². The molecule has 0 N–H and O–H groups in total. The molecule has 1 aromatic heterocycles. The number of carbonyl (C=O) groups excluding carboxylic acids is 1. The van der Waals surface area contributed by atoms with E-state index >= 15 is 0 Å². The largest absolute Gasteiger partial charge is 0.340 e. The first kappa shape index (κ1) is 21.9. The number of amides is 1. The van der Waals surface area contributed by atoms with Crippen molar-refractivity contribution >= 4 is 11.6 Å². The number of tetrazole rings is 1. The van der Waals surface area contributed by atoms with Crippen LogP contribution in [0, 0.1) is 11.3 Å². The van der Waals surface area contributed by atoms with Gasteiger partial charge < -0.3 is 4.90 Å². The number of carbonyl (C=O) groups is 1. The average molecular weight is 432 g/mol. The topological polar surface area (TPSA) is 90.9 Å². The number of rotatable bonds is 6. The Labute approximate surface area is 188 Å². The number of hydrogen-bond acceptors (Lipinski definition) is 6. The van der Waals surface area contributed by atoms with E-state index in [4.69, 9.17) is 5.26 Å². The number of nitrogens with zero attached hydrogens (tertiary/aromatic N) is 7. The fraction of sp³-hybridized carbons (Fsp3) is 0.458. The van der Waals surface area contributed by atoms with E-state index in [1.807, 2.05) is 43.0 Å². The Kier molecular flexibility index (Phi) is 6.76. The van der Waals surface area contributed by atoms with Crippen LogP contribution in [0.1, 0.15) is 43.4 Å². The number of hydrogen-bond donors (Lipinski definition) is 0.